The Labute approximate surface area is 57.8 Å². The minimum atomic E-state index is 0.532. The zero-order chi connectivity index (χ0) is 6.91. The maximum absolute atomic E-state index is 3.53. The van der Waals surface area contributed by atoms with Gasteiger partial charge in [-0.05, 0) is 32.2 Å². The fourth-order valence-corrected chi connectivity index (χ4v) is 0.815. The van der Waals surface area contributed by atoms with Gasteiger partial charge in [-0.25, -0.2) is 0 Å². The molecule has 9 heavy (non-hydrogen) atoms. The first-order valence-electron chi connectivity index (χ1n) is 3.87. The van der Waals surface area contributed by atoms with E-state index in [2.05, 4.69) is 26.1 Å². The van der Waals surface area contributed by atoms with E-state index in [1.54, 1.807) is 0 Å². The molecule has 0 unspecified atom stereocenters. The van der Waals surface area contributed by atoms with E-state index in [9.17, 15) is 0 Å². The second-order valence-electron chi connectivity index (χ2n) is 3.84. The Bertz CT molecular complexity index is 92.7. The van der Waals surface area contributed by atoms with Crippen LogP contribution in [0, 0.1) is 5.92 Å². The number of nitrogens with one attached hydrogen (secondary N) is 1. The number of hydrogen-bond donors (Lipinski definition) is 1. The summed E-state index contributed by atoms with van der Waals surface area (Å²) in [6.45, 7) is 7.98. The van der Waals surface area contributed by atoms with Crippen LogP contribution in [-0.2, 0) is 0 Å². The van der Waals surface area contributed by atoms with E-state index < -0.39 is 0 Å². The molecule has 0 aromatic carbocycles. The van der Waals surface area contributed by atoms with E-state index in [1.165, 1.54) is 19.4 Å². The summed E-state index contributed by atoms with van der Waals surface area (Å²) in [4.78, 5) is 0. The van der Waals surface area contributed by atoms with Crippen LogP contribution < -0.4 is 5.32 Å². The number of hydrogen-bond acceptors (Lipinski definition) is 1. The standard InChI is InChI=1S/C8H17N/c1-7(2)6-9-8(3)4-5-8/h7,9H,4-6H2,1-3H3. The summed E-state index contributed by atoms with van der Waals surface area (Å²) in [6, 6.07) is 0. The Morgan fingerprint density at radius 3 is 2.33 bits per heavy atom. The molecule has 1 saturated carbocycles. The molecule has 54 valence electrons. The van der Waals surface area contributed by atoms with Crippen molar-refractivity contribution in [2.24, 2.45) is 5.92 Å². The van der Waals surface area contributed by atoms with E-state index in [0.29, 0.717) is 5.54 Å². The molecule has 1 aliphatic carbocycles. The maximum Gasteiger partial charge on any atom is 0.0154 e. The van der Waals surface area contributed by atoms with Crippen molar-refractivity contribution in [1.82, 2.24) is 5.32 Å². The van der Waals surface area contributed by atoms with Crippen LogP contribution in [0.25, 0.3) is 0 Å². The van der Waals surface area contributed by atoms with Gasteiger partial charge in [0.2, 0.25) is 0 Å². The van der Waals surface area contributed by atoms with Crippen molar-refractivity contribution in [3.8, 4) is 0 Å². The van der Waals surface area contributed by atoms with Crippen LogP contribution in [0.4, 0.5) is 0 Å². The highest BCUT2D eigenvalue weighted by atomic mass is 15.0. The van der Waals surface area contributed by atoms with E-state index >= 15 is 0 Å². The molecule has 0 spiro atoms. The van der Waals surface area contributed by atoms with Crippen molar-refractivity contribution in [2.75, 3.05) is 6.54 Å². The summed E-state index contributed by atoms with van der Waals surface area (Å²) < 4.78 is 0. The highest BCUT2D eigenvalue weighted by Crippen LogP contribution is 2.34. The predicted octanol–water partition coefficient (Wildman–Crippen LogP) is 1.78. The van der Waals surface area contributed by atoms with Crippen molar-refractivity contribution in [3.05, 3.63) is 0 Å². The van der Waals surface area contributed by atoms with E-state index in [-0.39, 0.29) is 0 Å². The Kier molecular flexibility index (Phi) is 1.80. The van der Waals surface area contributed by atoms with Gasteiger partial charge in [0, 0.05) is 5.54 Å². The molecule has 0 atom stereocenters. The van der Waals surface area contributed by atoms with Crippen LogP contribution >= 0.6 is 0 Å². The van der Waals surface area contributed by atoms with Gasteiger partial charge in [0.15, 0.2) is 0 Å². The Balaban J connectivity index is 2.05. The van der Waals surface area contributed by atoms with Crippen LogP contribution in [-0.4, -0.2) is 12.1 Å². The predicted molar refractivity (Wildman–Crippen MR) is 40.5 cm³/mol. The molecule has 1 fully saturated rings. The van der Waals surface area contributed by atoms with Crippen molar-refractivity contribution >= 4 is 0 Å². The molecule has 1 heteroatoms. The van der Waals surface area contributed by atoms with Crippen molar-refractivity contribution < 1.29 is 0 Å². The maximum atomic E-state index is 3.53. The largest absolute Gasteiger partial charge is 0.311 e. The minimum absolute atomic E-state index is 0.532. The molecule has 0 saturated heterocycles. The average Bonchev–Trinajstić information content (AvgIpc) is 2.45. The molecule has 1 nitrogen and oxygen atoms in total. The van der Waals surface area contributed by atoms with Gasteiger partial charge in [-0.1, -0.05) is 13.8 Å². The van der Waals surface area contributed by atoms with Gasteiger partial charge in [-0.3, -0.25) is 0 Å². The summed E-state index contributed by atoms with van der Waals surface area (Å²) >= 11 is 0. The Morgan fingerprint density at radius 2 is 2.00 bits per heavy atom. The monoisotopic (exact) mass is 127 g/mol. The van der Waals surface area contributed by atoms with E-state index in [4.69, 9.17) is 0 Å². The average molecular weight is 127 g/mol. The first kappa shape index (κ1) is 7.07. The molecule has 0 aliphatic heterocycles. The topological polar surface area (TPSA) is 12.0 Å². The summed E-state index contributed by atoms with van der Waals surface area (Å²) in [7, 11) is 0. The first-order valence-corrected chi connectivity index (χ1v) is 3.87. The lowest BCUT2D eigenvalue weighted by molar-refractivity contribution is 0.474. The van der Waals surface area contributed by atoms with Crippen LogP contribution in [0.3, 0.4) is 0 Å². The molecule has 1 rings (SSSR count). The molecule has 0 bridgehead atoms. The lowest BCUT2D eigenvalue weighted by atomic mass is 10.2. The molecule has 0 amide bonds. The molecule has 1 aliphatic rings. The summed E-state index contributed by atoms with van der Waals surface area (Å²) in [5, 5.41) is 3.53. The molecule has 1 N–H and O–H groups in total. The van der Waals surface area contributed by atoms with Crippen LogP contribution in [0.2, 0.25) is 0 Å². The Hall–Kier alpha value is -0.0400. The van der Waals surface area contributed by atoms with Gasteiger partial charge in [-0.15, -0.1) is 0 Å². The molecule has 0 aromatic rings. The fourth-order valence-electron chi connectivity index (χ4n) is 0.815. The zero-order valence-corrected chi connectivity index (χ0v) is 6.70. The highest BCUT2D eigenvalue weighted by Gasteiger charge is 2.36. The SMILES string of the molecule is CC(C)CNC1(C)CC1. The third kappa shape index (κ3) is 2.35. The zero-order valence-electron chi connectivity index (χ0n) is 6.70. The third-order valence-electron chi connectivity index (χ3n) is 1.94. The van der Waals surface area contributed by atoms with Gasteiger partial charge in [0.25, 0.3) is 0 Å². The van der Waals surface area contributed by atoms with Gasteiger partial charge >= 0.3 is 0 Å². The van der Waals surface area contributed by atoms with Crippen LogP contribution in [0.15, 0.2) is 0 Å². The second-order valence-corrected chi connectivity index (χ2v) is 3.84. The van der Waals surface area contributed by atoms with Crippen molar-refractivity contribution in [3.63, 3.8) is 0 Å². The number of rotatable bonds is 3. The van der Waals surface area contributed by atoms with Gasteiger partial charge in [0.1, 0.15) is 0 Å². The van der Waals surface area contributed by atoms with Gasteiger partial charge in [0.05, 0.1) is 0 Å². The smallest absolute Gasteiger partial charge is 0.0154 e. The molecular formula is C8H17N. The molecule has 0 radical (unpaired) electrons. The summed E-state index contributed by atoms with van der Waals surface area (Å²) in [5.74, 6) is 0.794. The first-order chi connectivity index (χ1) is 4.12. The molecule has 0 aromatic heterocycles. The van der Waals surface area contributed by atoms with Gasteiger partial charge in [-0.2, -0.15) is 0 Å². The van der Waals surface area contributed by atoms with E-state index in [1.807, 2.05) is 0 Å². The normalized spacial score (nSPS) is 22.7. The highest BCUT2D eigenvalue weighted by molar-refractivity contribution is 4.97. The van der Waals surface area contributed by atoms with Crippen LogP contribution in [0.5, 0.6) is 0 Å². The third-order valence-corrected chi connectivity index (χ3v) is 1.94. The summed E-state index contributed by atoms with van der Waals surface area (Å²) in [5.41, 5.74) is 0.532. The van der Waals surface area contributed by atoms with Crippen LogP contribution in [0.1, 0.15) is 33.6 Å². The molecule has 0 heterocycles. The fraction of sp³-hybridized carbons (Fsp3) is 1.00. The lowest BCUT2D eigenvalue weighted by Gasteiger charge is -2.12. The Morgan fingerprint density at radius 1 is 1.44 bits per heavy atom. The lowest BCUT2D eigenvalue weighted by Crippen LogP contribution is -2.31. The minimum Gasteiger partial charge on any atom is -0.311 e. The van der Waals surface area contributed by atoms with Crippen molar-refractivity contribution in [1.29, 1.82) is 0 Å². The second kappa shape index (κ2) is 2.30. The van der Waals surface area contributed by atoms with E-state index in [0.717, 1.165) is 5.92 Å². The molecular weight excluding hydrogens is 110 g/mol. The van der Waals surface area contributed by atoms with Gasteiger partial charge < -0.3 is 5.32 Å². The van der Waals surface area contributed by atoms with Crippen molar-refractivity contribution in [2.45, 2.75) is 39.2 Å². The summed E-state index contributed by atoms with van der Waals surface area (Å²) in [6.07, 6.45) is 2.75. The quantitative estimate of drug-likeness (QED) is 0.609.